The quantitative estimate of drug-likeness (QED) is 0.749. The van der Waals surface area contributed by atoms with E-state index in [1.807, 2.05) is 19.3 Å². The van der Waals surface area contributed by atoms with Gasteiger partial charge in [-0.3, -0.25) is 4.90 Å². The summed E-state index contributed by atoms with van der Waals surface area (Å²) in [6, 6.07) is 4.13. The number of nitrogens with zero attached hydrogens (tertiary/aromatic N) is 2. The van der Waals surface area contributed by atoms with Crippen molar-refractivity contribution >= 4 is 0 Å². The lowest BCUT2D eigenvalue weighted by atomic mass is 10.2. The van der Waals surface area contributed by atoms with E-state index < -0.39 is 0 Å². The van der Waals surface area contributed by atoms with E-state index in [-0.39, 0.29) is 12.8 Å². The summed E-state index contributed by atoms with van der Waals surface area (Å²) >= 11 is 0. The zero-order chi connectivity index (χ0) is 10.7. The Bertz CT molecular complexity index is 313. The van der Waals surface area contributed by atoms with Crippen molar-refractivity contribution < 1.29 is 9.13 Å². The van der Waals surface area contributed by atoms with Crippen LogP contribution >= 0.6 is 0 Å². The minimum atomic E-state index is -0.385. The van der Waals surface area contributed by atoms with Crippen LogP contribution in [0, 0.1) is 0 Å². The molecule has 1 fully saturated rings. The Labute approximate surface area is 89.4 Å². The summed E-state index contributed by atoms with van der Waals surface area (Å²) in [7, 11) is 2.03. The van der Waals surface area contributed by atoms with Crippen LogP contribution in [0.2, 0.25) is 0 Å². The summed E-state index contributed by atoms with van der Waals surface area (Å²) < 4.78 is 19.8. The lowest BCUT2D eigenvalue weighted by Gasteiger charge is -2.31. The van der Waals surface area contributed by atoms with Crippen molar-refractivity contribution in [3.05, 3.63) is 24.0 Å². The number of morpholine rings is 1. The molecule has 1 aromatic heterocycles. The number of aryl methyl sites for hydroxylation is 1. The molecule has 15 heavy (non-hydrogen) atoms. The van der Waals surface area contributed by atoms with Gasteiger partial charge in [-0.25, -0.2) is 4.39 Å². The Hall–Kier alpha value is -0.870. The van der Waals surface area contributed by atoms with Gasteiger partial charge in [0.25, 0.3) is 0 Å². The first-order valence-corrected chi connectivity index (χ1v) is 5.29. The van der Waals surface area contributed by atoms with E-state index in [0.717, 1.165) is 13.1 Å². The van der Waals surface area contributed by atoms with Gasteiger partial charge in [0.15, 0.2) is 0 Å². The molecule has 1 atom stereocenters. The molecule has 1 aliphatic heterocycles. The fraction of sp³-hybridized carbons (Fsp3) is 0.636. The molecule has 0 saturated carbocycles. The Morgan fingerprint density at radius 2 is 2.47 bits per heavy atom. The van der Waals surface area contributed by atoms with Crippen molar-refractivity contribution in [2.75, 3.05) is 26.4 Å². The molecule has 0 bridgehead atoms. The van der Waals surface area contributed by atoms with Crippen LogP contribution in [0.5, 0.6) is 0 Å². The van der Waals surface area contributed by atoms with Gasteiger partial charge in [0, 0.05) is 38.6 Å². The molecule has 2 heterocycles. The molecular formula is C11H17FN2O. The van der Waals surface area contributed by atoms with Gasteiger partial charge in [0.1, 0.15) is 6.67 Å². The van der Waals surface area contributed by atoms with E-state index in [4.69, 9.17) is 4.74 Å². The van der Waals surface area contributed by atoms with E-state index in [9.17, 15) is 4.39 Å². The van der Waals surface area contributed by atoms with Gasteiger partial charge in [-0.15, -0.1) is 0 Å². The molecule has 1 saturated heterocycles. The van der Waals surface area contributed by atoms with Crippen molar-refractivity contribution in [2.24, 2.45) is 7.05 Å². The van der Waals surface area contributed by atoms with Crippen molar-refractivity contribution in [3.63, 3.8) is 0 Å². The maximum atomic E-state index is 12.5. The highest BCUT2D eigenvalue weighted by Gasteiger charge is 2.20. The van der Waals surface area contributed by atoms with Gasteiger partial charge in [0.2, 0.25) is 0 Å². The first-order valence-electron chi connectivity index (χ1n) is 5.29. The first-order chi connectivity index (χ1) is 7.29. The van der Waals surface area contributed by atoms with Crippen LogP contribution in [0.1, 0.15) is 5.69 Å². The molecule has 0 unspecified atom stereocenters. The zero-order valence-corrected chi connectivity index (χ0v) is 9.03. The number of ether oxygens (including phenoxy) is 1. The van der Waals surface area contributed by atoms with E-state index in [2.05, 4.69) is 15.5 Å². The molecule has 1 aliphatic rings. The SMILES string of the molecule is Cn1cccc1CN1CCO[C@@H](CF)C1. The smallest absolute Gasteiger partial charge is 0.117 e. The van der Waals surface area contributed by atoms with Crippen LogP contribution in [-0.2, 0) is 18.3 Å². The van der Waals surface area contributed by atoms with Crippen LogP contribution in [-0.4, -0.2) is 41.9 Å². The van der Waals surface area contributed by atoms with Crippen LogP contribution < -0.4 is 0 Å². The second-order valence-corrected chi connectivity index (χ2v) is 3.99. The molecule has 0 N–H and O–H groups in total. The van der Waals surface area contributed by atoms with Crippen LogP contribution in [0.15, 0.2) is 18.3 Å². The van der Waals surface area contributed by atoms with Crippen molar-refractivity contribution in [2.45, 2.75) is 12.6 Å². The second kappa shape index (κ2) is 4.77. The summed E-state index contributed by atoms with van der Waals surface area (Å²) in [4.78, 5) is 2.24. The minimum absolute atomic E-state index is 0.237. The molecule has 0 amide bonds. The number of aromatic nitrogens is 1. The molecule has 0 aromatic carbocycles. The van der Waals surface area contributed by atoms with Crippen molar-refractivity contribution in [3.8, 4) is 0 Å². The van der Waals surface area contributed by atoms with Gasteiger partial charge in [-0.2, -0.15) is 0 Å². The van der Waals surface area contributed by atoms with Gasteiger partial charge < -0.3 is 9.30 Å². The summed E-state index contributed by atoms with van der Waals surface area (Å²) in [6.07, 6.45) is 1.79. The summed E-state index contributed by atoms with van der Waals surface area (Å²) in [5, 5.41) is 0. The van der Waals surface area contributed by atoms with E-state index in [0.29, 0.717) is 13.2 Å². The Balaban J connectivity index is 1.92. The van der Waals surface area contributed by atoms with Crippen LogP contribution in [0.25, 0.3) is 0 Å². The fourth-order valence-electron chi connectivity index (χ4n) is 1.91. The third kappa shape index (κ3) is 2.58. The zero-order valence-electron chi connectivity index (χ0n) is 9.03. The average molecular weight is 212 g/mol. The largest absolute Gasteiger partial charge is 0.373 e. The molecule has 0 radical (unpaired) electrons. The standard InChI is InChI=1S/C11H17FN2O/c1-13-4-2-3-10(13)8-14-5-6-15-11(7-12)9-14/h2-4,11H,5-9H2,1H3/t11-/m0/s1. The lowest BCUT2D eigenvalue weighted by Crippen LogP contribution is -2.43. The predicted molar refractivity (Wildman–Crippen MR) is 56.4 cm³/mol. The van der Waals surface area contributed by atoms with Crippen LogP contribution in [0.3, 0.4) is 0 Å². The Morgan fingerprint density at radius 1 is 1.60 bits per heavy atom. The highest BCUT2D eigenvalue weighted by atomic mass is 19.1. The number of rotatable bonds is 3. The lowest BCUT2D eigenvalue weighted by molar-refractivity contribution is -0.0417. The highest BCUT2D eigenvalue weighted by Crippen LogP contribution is 2.10. The van der Waals surface area contributed by atoms with E-state index in [1.165, 1.54) is 5.69 Å². The molecule has 84 valence electrons. The molecule has 3 nitrogen and oxygen atoms in total. The van der Waals surface area contributed by atoms with Gasteiger partial charge in [0.05, 0.1) is 12.7 Å². The number of halogens is 1. The maximum absolute atomic E-state index is 12.5. The number of hydrogen-bond donors (Lipinski definition) is 0. The number of hydrogen-bond acceptors (Lipinski definition) is 2. The van der Waals surface area contributed by atoms with Crippen molar-refractivity contribution in [1.29, 1.82) is 0 Å². The van der Waals surface area contributed by atoms with Gasteiger partial charge >= 0.3 is 0 Å². The molecule has 1 aromatic rings. The molecular weight excluding hydrogens is 195 g/mol. The maximum Gasteiger partial charge on any atom is 0.117 e. The highest BCUT2D eigenvalue weighted by molar-refractivity contribution is 5.06. The third-order valence-corrected chi connectivity index (χ3v) is 2.83. The summed E-state index contributed by atoms with van der Waals surface area (Å²) in [5.74, 6) is 0. The summed E-state index contributed by atoms with van der Waals surface area (Å²) in [6.45, 7) is 2.72. The molecule has 0 aliphatic carbocycles. The van der Waals surface area contributed by atoms with E-state index >= 15 is 0 Å². The van der Waals surface area contributed by atoms with Gasteiger partial charge in [-0.1, -0.05) is 0 Å². The monoisotopic (exact) mass is 212 g/mol. The summed E-state index contributed by atoms with van der Waals surface area (Å²) in [5.41, 5.74) is 1.26. The Morgan fingerprint density at radius 3 is 3.13 bits per heavy atom. The topological polar surface area (TPSA) is 17.4 Å². The average Bonchev–Trinajstić information content (AvgIpc) is 2.65. The third-order valence-electron chi connectivity index (χ3n) is 2.83. The van der Waals surface area contributed by atoms with Crippen LogP contribution in [0.4, 0.5) is 4.39 Å². The first kappa shape index (κ1) is 10.6. The minimum Gasteiger partial charge on any atom is -0.373 e. The number of alkyl halides is 1. The second-order valence-electron chi connectivity index (χ2n) is 3.99. The molecule has 4 heteroatoms. The van der Waals surface area contributed by atoms with E-state index in [1.54, 1.807) is 0 Å². The molecule has 2 rings (SSSR count). The molecule has 0 spiro atoms. The van der Waals surface area contributed by atoms with Crippen molar-refractivity contribution in [1.82, 2.24) is 9.47 Å². The fourth-order valence-corrected chi connectivity index (χ4v) is 1.91. The predicted octanol–water partition coefficient (Wildman–Crippen LogP) is 1.20. The van der Waals surface area contributed by atoms with Gasteiger partial charge in [-0.05, 0) is 12.1 Å². The normalized spacial score (nSPS) is 23.2. The Kier molecular flexibility index (Phi) is 3.38.